The maximum absolute atomic E-state index is 14.1. The Kier molecular flexibility index (Phi) is 7.48. The fourth-order valence-corrected chi connectivity index (χ4v) is 5.77. The van der Waals surface area contributed by atoms with Gasteiger partial charge in [0.2, 0.25) is 5.03 Å². The number of halogens is 2. The number of hydrogen-bond donors (Lipinski definition) is 2. The number of piperazine rings is 1. The van der Waals surface area contributed by atoms with Crippen molar-refractivity contribution >= 4 is 27.6 Å². The topological polar surface area (TPSA) is 107 Å². The highest BCUT2D eigenvalue weighted by atomic mass is 32.2. The Bertz CT molecular complexity index is 1340. The SMILES string of the molecule is Cc1cc(Nc2ccc(F)cc2)c(C=N)cc1[C@H]1CN(S(=O)(=O)c2cnn(C)n2)CCN1C[C@H](C)F. The van der Waals surface area contributed by atoms with Gasteiger partial charge in [-0.15, -0.1) is 5.10 Å². The minimum atomic E-state index is -3.88. The van der Waals surface area contributed by atoms with Gasteiger partial charge in [0.15, 0.2) is 0 Å². The average Bonchev–Trinajstić information content (AvgIpc) is 3.28. The molecule has 0 spiro atoms. The Morgan fingerprint density at radius 1 is 1.25 bits per heavy atom. The second-order valence-corrected chi connectivity index (χ2v) is 10.8. The number of alkyl halides is 1. The molecule has 9 nitrogen and oxygen atoms in total. The minimum absolute atomic E-state index is 0.106. The zero-order valence-electron chi connectivity index (χ0n) is 20.3. The lowest BCUT2D eigenvalue weighted by Crippen LogP contribution is -2.51. The molecule has 1 aliphatic rings. The molecule has 4 rings (SSSR count). The number of sulfonamides is 1. The first kappa shape index (κ1) is 25.9. The number of nitrogens with zero attached hydrogens (tertiary/aromatic N) is 5. The van der Waals surface area contributed by atoms with Crippen LogP contribution in [0.15, 0.2) is 47.6 Å². The molecule has 1 fully saturated rings. The number of benzene rings is 2. The lowest BCUT2D eigenvalue weighted by molar-refractivity contribution is 0.0916. The van der Waals surface area contributed by atoms with Crippen LogP contribution in [0.1, 0.15) is 29.7 Å². The van der Waals surface area contributed by atoms with Gasteiger partial charge in [0.1, 0.15) is 12.0 Å². The van der Waals surface area contributed by atoms with Crippen LogP contribution in [0.4, 0.5) is 20.2 Å². The Morgan fingerprint density at radius 2 is 1.97 bits per heavy atom. The highest BCUT2D eigenvalue weighted by Gasteiger charge is 2.37. The third-order valence-corrected chi connectivity index (χ3v) is 7.93. The number of aromatic nitrogens is 3. The number of aryl methyl sites for hydroxylation is 2. The predicted molar refractivity (Wildman–Crippen MR) is 133 cm³/mol. The Morgan fingerprint density at radius 3 is 2.58 bits per heavy atom. The molecule has 0 aliphatic carbocycles. The molecule has 3 aromatic rings. The molecule has 1 saturated heterocycles. The van der Waals surface area contributed by atoms with Gasteiger partial charge in [-0.1, -0.05) is 0 Å². The van der Waals surface area contributed by atoms with Crippen LogP contribution in [0.5, 0.6) is 0 Å². The van der Waals surface area contributed by atoms with Crippen molar-refractivity contribution < 1.29 is 17.2 Å². The summed E-state index contributed by atoms with van der Waals surface area (Å²) in [6.45, 7) is 4.17. The van der Waals surface area contributed by atoms with E-state index in [1.54, 1.807) is 19.2 Å². The van der Waals surface area contributed by atoms with Gasteiger partial charge in [-0.05, 0) is 61.4 Å². The quantitative estimate of drug-likeness (QED) is 0.444. The average molecular weight is 518 g/mol. The molecule has 12 heteroatoms. The van der Waals surface area contributed by atoms with Gasteiger partial charge in [-0.3, -0.25) is 4.90 Å². The van der Waals surface area contributed by atoms with Gasteiger partial charge >= 0.3 is 0 Å². The second-order valence-electron chi connectivity index (χ2n) is 8.90. The summed E-state index contributed by atoms with van der Waals surface area (Å²) in [6.07, 6.45) is 1.32. The molecule has 1 aromatic heterocycles. The van der Waals surface area contributed by atoms with Gasteiger partial charge in [0, 0.05) is 62.4 Å². The normalized spacial score (nSPS) is 18.2. The smallest absolute Gasteiger partial charge is 0.264 e. The van der Waals surface area contributed by atoms with Gasteiger partial charge in [0.05, 0.1) is 6.20 Å². The van der Waals surface area contributed by atoms with Crippen molar-refractivity contribution in [2.24, 2.45) is 7.05 Å². The summed E-state index contributed by atoms with van der Waals surface area (Å²) >= 11 is 0. The molecular weight excluding hydrogens is 488 g/mol. The van der Waals surface area contributed by atoms with Crippen LogP contribution >= 0.6 is 0 Å². The molecule has 0 saturated carbocycles. The van der Waals surface area contributed by atoms with Crippen molar-refractivity contribution in [3.63, 3.8) is 0 Å². The largest absolute Gasteiger partial charge is 0.355 e. The van der Waals surface area contributed by atoms with Crippen LogP contribution in [-0.4, -0.2) is 71.2 Å². The summed E-state index contributed by atoms with van der Waals surface area (Å²) in [4.78, 5) is 3.13. The van der Waals surface area contributed by atoms with Crippen LogP contribution in [0.25, 0.3) is 0 Å². The van der Waals surface area contributed by atoms with Gasteiger partial charge in [-0.25, -0.2) is 17.2 Å². The van der Waals surface area contributed by atoms with E-state index in [2.05, 4.69) is 15.5 Å². The Balaban J connectivity index is 1.69. The van der Waals surface area contributed by atoms with Crippen LogP contribution in [0.3, 0.4) is 0 Å². The first-order valence-electron chi connectivity index (χ1n) is 11.5. The summed E-state index contributed by atoms with van der Waals surface area (Å²) in [7, 11) is -2.34. The molecule has 2 atom stereocenters. The van der Waals surface area contributed by atoms with Crippen molar-refractivity contribution in [2.45, 2.75) is 31.1 Å². The zero-order chi connectivity index (χ0) is 26.0. The van der Waals surface area contributed by atoms with Crippen molar-refractivity contribution in [3.8, 4) is 0 Å². The standard InChI is InChI=1S/C24H29F2N7O2S/c1-16-10-22(29-20-6-4-19(26)5-7-20)18(12-27)11-21(16)23-15-33(9-8-32(23)14-17(2)25)36(34,35)24-13-28-31(3)30-24/h4-7,10-13,17,23,27,29H,8-9,14-15H2,1-3H3/t17-,23+/m0/s1. The first-order chi connectivity index (χ1) is 17.1. The molecular formula is C24H29F2N7O2S. The summed E-state index contributed by atoms with van der Waals surface area (Å²) in [6, 6.07) is 9.16. The molecule has 192 valence electrons. The van der Waals surface area contributed by atoms with E-state index >= 15 is 0 Å². The highest BCUT2D eigenvalue weighted by Crippen LogP contribution is 2.34. The lowest BCUT2D eigenvalue weighted by atomic mass is 9.94. The van der Waals surface area contributed by atoms with E-state index < -0.39 is 22.2 Å². The molecule has 2 aromatic carbocycles. The van der Waals surface area contributed by atoms with Crippen molar-refractivity contribution in [3.05, 3.63) is 65.1 Å². The van der Waals surface area contributed by atoms with Crippen molar-refractivity contribution in [2.75, 3.05) is 31.5 Å². The Hall–Kier alpha value is -3.22. The number of anilines is 2. The first-order valence-corrected chi connectivity index (χ1v) is 12.9. The number of hydrogen-bond acceptors (Lipinski definition) is 7. The molecule has 2 N–H and O–H groups in total. The molecule has 0 radical (unpaired) electrons. The van der Waals surface area contributed by atoms with Crippen LogP contribution in [-0.2, 0) is 17.1 Å². The minimum Gasteiger partial charge on any atom is -0.355 e. The molecule has 0 amide bonds. The van der Waals surface area contributed by atoms with Gasteiger partial charge in [0.25, 0.3) is 10.0 Å². The third kappa shape index (κ3) is 5.45. The van der Waals surface area contributed by atoms with E-state index in [4.69, 9.17) is 5.41 Å². The van der Waals surface area contributed by atoms with E-state index in [0.29, 0.717) is 23.5 Å². The lowest BCUT2D eigenvalue weighted by Gasteiger charge is -2.41. The van der Waals surface area contributed by atoms with E-state index in [9.17, 15) is 17.2 Å². The number of nitrogens with one attached hydrogen (secondary N) is 2. The summed E-state index contributed by atoms with van der Waals surface area (Å²) in [5, 5.41) is 18.9. The Labute approximate surface area is 209 Å². The molecule has 2 heterocycles. The van der Waals surface area contributed by atoms with Crippen LogP contribution in [0.2, 0.25) is 0 Å². The van der Waals surface area contributed by atoms with E-state index in [1.165, 1.54) is 40.6 Å². The maximum Gasteiger partial charge on any atom is 0.264 e. The van der Waals surface area contributed by atoms with Gasteiger partial charge in [-0.2, -0.15) is 14.2 Å². The van der Waals surface area contributed by atoms with Crippen LogP contribution in [0, 0.1) is 18.2 Å². The van der Waals surface area contributed by atoms with E-state index in [0.717, 1.165) is 11.1 Å². The van der Waals surface area contributed by atoms with Crippen molar-refractivity contribution in [1.82, 2.24) is 24.2 Å². The van der Waals surface area contributed by atoms with Crippen LogP contribution < -0.4 is 5.32 Å². The number of rotatable bonds is 8. The fourth-order valence-electron chi connectivity index (χ4n) is 4.45. The monoisotopic (exact) mass is 517 g/mol. The molecule has 0 bridgehead atoms. The van der Waals surface area contributed by atoms with E-state index in [1.807, 2.05) is 24.0 Å². The molecule has 0 unspecified atom stereocenters. The summed E-state index contributed by atoms with van der Waals surface area (Å²) in [5.41, 5.74) is 3.55. The van der Waals surface area contributed by atoms with Crippen molar-refractivity contribution in [1.29, 1.82) is 5.41 Å². The second kappa shape index (κ2) is 10.4. The van der Waals surface area contributed by atoms with E-state index in [-0.39, 0.29) is 30.5 Å². The maximum atomic E-state index is 14.1. The predicted octanol–water partition coefficient (Wildman–Crippen LogP) is 3.41. The summed E-state index contributed by atoms with van der Waals surface area (Å²) < 4.78 is 55.2. The third-order valence-electron chi connectivity index (χ3n) is 6.20. The zero-order valence-corrected chi connectivity index (χ0v) is 21.1. The summed E-state index contributed by atoms with van der Waals surface area (Å²) in [5.74, 6) is -0.347. The molecule has 1 aliphatic heterocycles. The molecule has 36 heavy (non-hydrogen) atoms. The highest BCUT2D eigenvalue weighted by molar-refractivity contribution is 7.89. The fraction of sp³-hybridized carbons (Fsp3) is 0.375. The van der Waals surface area contributed by atoms with Gasteiger partial charge < -0.3 is 10.7 Å².